The molecule has 0 spiro atoms. The fourth-order valence-electron chi connectivity index (χ4n) is 1.91. The average molecular weight is 417 g/mol. The number of hydrogen-bond acceptors (Lipinski definition) is 3. The maximum Gasteiger partial charge on any atom is 0.262 e. The second-order valence-electron chi connectivity index (χ2n) is 4.56. The number of nitrogens with zero attached hydrogens (tertiary/aromatic N) is 1. The quantitative estimate of drug-likeness (QED) is 0.672. The van der Waals surface area contributed by atoms with E-state index in [-0.39, 0.29) is 31.9 Å². The highest BCUT2D eigenvalue weighted by Gasteiger charge is 2.24. The van der Waals surface area contributed by atoms with Crippen LogP contribution in [0.3, 0.4) is 0 Å². The molecule has 8 heteroatoms. The molecule has 0 bridgehead atoms. The van der Waals surface area contributed by atoms with Gasteiger partial charge in [-0.05, 0) is 48.3 Å². The van der Waals surface area contributed by atoms with E-state index in [4.69, 9.17) is 22.3 Å². The van der Waals surface area contributed by atoms with Crippen molar-refractivity contribution in [1.29, 1.82) is 0 Å². The van der Waals surface area contributed by atoms with E-state index in [9.17, 15) is 13.2 Å². The lowest BCUT2D eigenvalue weighted by atomic mass is 10.1. The predicted octanol–water partition coefficient (Wildman–Crippen LogP) is 4.29. The van der Waals surface area contributed by atoms with E-state index in [0.29, 0.717) is 6.54 Å². The Hall–Kier alpha value is -0.300. The van der Waals surface area contributed by atoms with E-state index in [2.05, 4.69) is 15.9 Å². The van der Waals surface area contributed by atoms with Crippen molar-refractivity contribution in [3.63, 3.8) is 0 Å². The van der Waals surface area contributed by atoms with Crippen molar-refractivity contribution in [2.45, 2.75) is 38.1 Å². The number of amides is 1. The highest BCUT2D eigenvalue weighted by atomic mass is 79.9. The van der Waals surface area contributed by atoms with Crippen LogP contribution in [0, 0.1) is 0 Å². The molecule has 0 aliphatic heterocycles. The molecule has 0 fully saturated rings. The molecular formula is C13H16BrCl2NO3S. The van der Waals surface area contributed by atoms with Crippen molar-refractivity contribution in [2.75, 3.05) is 6.54 Å². The number of halogens is 3. The van der Waals surface area contributed by atoms with Gasteiger partial charge in [-0.15, -0.1) is 0 Å². The van der Waals surface area contributed by atoms with Crippen molar-refractivity contribution in [2.24, 2.45) is 0 Å². The molecule has 0 aliphatic carbocycles. The number of benzene rings is 1. The Morgan fingerprint density at radius 1 is 1.38 bits per heavy atom. The monoisotopic (exact) mass is 415 g/mol. The molecule has 1 aromatic carbocycles. The first kappa shape index (κ1) is 18.7. The number of rotatable bonds is 5. The van der Waals surface area contributed by atoms with Gasteiger partial charge >= 0.3 is 0 Å². The third kappa shape index (κ3) is 4.34. The third-order valence-electron chi connectivity index (χ3n) is 3.23. The fraction of sp³-hybridized carbons (Fsp3) is 0.462. The normalized spacial score (nSPS) is 13.0. The van der Waals surface area contributed by atoms with Gasteiger partial charge in [0, 0.05) is 28.8 Å². The summed E-state index contributed by atoms with van der Waals surface area (Å²) in [6.45, 7) is 6.29. The van der Waals surface area contributed by atoms with Gasteiger partial charge in [0.15, 0.2) is 0 Å². The van der Waals surface area contributed by atoms with Crippen LogP contribution in [-0.2, 0) is 9.05 Å². The third-order valence-corrected chi connectivity index (χ3v) is 6.22. The van der Waals surface area contributed by atoms with Crippen molar-refractivity contribution in [1.82, 2.24) is 4.90 Å². The van der Waals surface area contributed by atoms with Crippen LogP contribution in [0.25, 0.3) is 0 Å². The Labute approximate surface area is 143 Å². The molecule has 1 rings (SSSR count). The van der Waals surface area contributed by atoms with E-state index in [1.807, 2.05) is 20.8 Å². The van der Waals surface area contributed by atoms with Gasteiger partial charge in [0.1, 0.15) is 0 Å². The van der Waals surface area contributed by atoms with E-state index < -0.39 is 9.05 Å². The van der Waals surface area contributed by atoms with Gasteiger partial charge in [-0.3, -0.25) is 4.79 Å². The summed E-state index contributed by atoms with van der Waals surface area (Å²) in [6.07, 6.45) is 0.796. The fourth-order valence-corrected chi connectivity index (χ4v) is 4.29. The van der Waals surface area contributed by atoms with Crippen molar-refractivity contribution < 1.29 is 13.2 Å². The molecule has 0 aliphatic rings. The smallest absolute Gasteiger partial charge is 0.262 e. The summed E-state index contributed by atoms with van der Waals surface area (Å²) in [5.74, 6) is -0.275. The lowest BCUT2D eigenvalue weighted by molar-refractivity contribution is 0.0699. The summed E-state index contributed by atoms with van der Waals surface area (Å²) in [5, 5.41) is 0.125. The largest absolute Gasteiger partial charge is 0.336 e. The molecule has 0 aromatic heterocycles. The zero-order chi connectivity index (χ0) is 16.4. The SMILES string of the molecule is CCC(C)N(CC)C(=O)c1cc(Cl)c(Br)c(S(=O)(=O)Cl)c1. The van der Waals surface area contributed by atoms with E-state index >= 15 is 0 Å². The van der Waals surface area contributed by atoms with E-state index in [1.54, 1.807) is 4.90 Å². The molecule has 1 unspecified atom stereocenters. The zero-order valence-corrected chi connectivity index (χ0v) is 15.8. The van der Waals surface area contributed by atoms with Gasteiger partial charge in [-0.2, -0.15) is 0 Å². The second kappa shape index (κ2) is 7.31. The molecule has 0 saturated carbocycles. The van der Waals surface area contributed by atoms with E-state index in [0.717, 1.165) is 6.42 Å². The molecule has 1 aromatic rings. The molecule has 0 radical (unpaired) electrons. The zero-order valence-electron chi connectivity index (χ0n) is 11.9. The second-order valence-corrected chi connectivity index (χ2v) is 8.29. The summed E-state index contributed by atoms with van der Waals surface area (Å²) in [7, 11) is 1.37. The number of carbonyl (C=O) groups excluding carboxylic acids is 1. The molecule has 21 heavy (non-hydrogen) atoms. The number of carbonyl (C=O) groups is 1. The topological polar surface area (TPSA) is 54.5 Å². The minimum Gasteiger partial charge on any atom is -0.336 e. The van der Waals surface area contributed by atoms with Crippen LogP contribution >= 0.6 is 38.2 Å². The Morgan fingerprint density at radius 3 is 2.38 bits per heavy atom. The first-order valence-corrected chi connectivity index (χ1v) is 9.86. The summed E-state index contributed by atoms with van der Waals surface area (Å²) < 4.78 is 23.3. The molecule has 1 amide bonds. The Balaban J connectivity index is 3.38. The lowest BCUT2D eigenvalue weighted by Crippen LogP contribution is -2.38. The van der Waals surface area contributed by atoms with Crippen LogP contribution in [-0.4, -0.2) is 31.8 Å². The van der Waals surface area contributed by atoms with Gasteiger partial charge in [-0.1, -0.05) is 18.5 Å². The summed E-state index contributed by atoms with van der Waals surface area (Å²) in [4.78, 5) is 14.0. The molecule has 0 saturated heterocycles. The number of hydrogen-bond donors (Lipinski definition) is 0. The highest BCUT2D eigenvalue weighted by molar-refractivity contribution is 9.10. The summed E-state index contributed by atoms with van der Waals surface area (Å²) in [5.41, 5.74) is 0.199. The molecule has 0 heterocycles. The predicted molar refractivity (Wildman–Crippen MR) is 88.7 cm³/mol. The van der Waals surface area contributed by atoms with E-state index in [1.165, 1.54) is 12.1 Å². The van der Waals surface area contributed by atoms with Crippen LogP contribution in [0.5, 0.6) is 0 Å². The van der Waals surface area contributed by atoms with Crippen molar-refractivity contribution >= 4 is 53.2 Å². The van der Waals surface area contributed by atoms with Crippen LogP contribution < -0.4 is 0 Å². The van der Waals surface area contributed by atoms with Gasteiger partial charge < -0.3 is 4.90 Å². The average Bonchev–Trinajstić information content (AvgIpc) is 2.40. The maximum absolute atomic E-state index is 12.5. The van der Waals surface area contributed by atoms with Gasteiger partial charge in [-0.25, -0.2) is 8.42 Å². The molecule has 4 nitrogen and oxygen atoms in total. The highest BCUT2D eigenvalue weighted by Crippen LogP contribution is 2.33. The van der Waals surface area contributed by atoms with Gasteiger partial charge in [0.2, 0.25) is 0 Å². The Bertz CT molecular complexity index is 649. The van der Waals surface area contributed by atoms with Gasteiger partial charge in [0.25, 0.3) is 15.0 Å². The first-order valence-electron chi connectivity index (χ1n) is 6.38. The molecule has 0 N–H and O–H groups in total. The minimum atomic E-state index is -4.00. The molecule has 118 valence electrons. The maximum atomic E-state index is 12.5. The Kier molecular flexibility index (Phi) is 6.53. The summed E-state index contributed by atoms with van der Waals surface area (Å²) in [6, 6.07) is 2.72. The first-order chi connectivity index (χ1) is 9.63. The van der Waals surface area contributed by atoms with Crippen LogP contribution in [0.1, 0.15) is 37.6 Å². The molecule has 1 atom stereocenters. The van der Waals surface area contributed by atoms with Crippen molar-refractivity contribution in [3.05, 3.63) is 27.2 Å². The standard InChI is InChI=1S/C13H16BrCl2NO3S/c1-4-8(3)17(5-2)13(18)9-6-10(15)12(14)11(7-9)21(16,19)20/h6-8H,4-5H2,1-3H3. The molecular weight excluding hydrogens is 401 g/mol. The van der Waals surface area contributed by atoms with Gasteiger partial charge in [0.05, 0.1) is 14.4 Å². The minimum absolute atomic E-state index is 0.0426. The van der Waals surface area contributed by atoms with Crippen LogP contribution in [0.4, 0.5) is 0 Å². The Morgan fingerprint density at radius 2 is 1.95 bits per heavy atom. The van der Waals surface area contributed by atoms with Crippen LogP contribution in [0.2, 0.25) is 5.02 Å². The van der Waals surface area contributed by atoms with Crippen LogP contribution in [0.15, 0.2) is 21.5 Å². The summed E-state index contributed by atoms with van der Waals surface area (Å²) >= 11 is 9.07. The van der Waals surface area contributed by atoms with Crippen molar-refractivity contribution in [3.8, 4) is 0 Å². The lowest BCUT2D eigenvalue weighted by Gasteiger charge is -2.27.